The van der Waals surface area contributed by atoms with Gasteiger partial charge in [-0.2, -0.15) is 0 Å². The second-order valence-electron chi connectivity index (χ2n) is 19.3. The number of ether oxygens (including phenoxy) is 6. The lowest BCUT2D eigenvalue weighted by molar-refractivity contribution is -0.398. The molecule has 0 aromatic carbocycles. The molecule has 0 saturated carbocycles. The molecule has 0 bridgehead atoms. The number of alkyl carbamates (subject to hydrolysis) is 1. The minimum Gasteiger partial charge on any atom is -0.481 e. The van der Waals surface area contributed by atoms with Gasteiger partial charge < -0.3 is 49.1 Å². The first-order valence-electron chi connectivity index (χ1n) is 22.6. The number of nitrogens with one attached hydrogen (secondary N) is 1. The van der Waals surface area contributed by atoms with Crippen molar-refractivity contribution in [3.05, 3.63) is 12.2 Å². The summed E-state index contributed by atoms with van der Waals surface area (Å²) in [7, 11) is 0. The fraction of sp³-hybridized carbons (Fsp3) is 0.889. The predicted octanol–water partition coefficient (Wildman–Crippen LogP) is 8.29. The molecule has 5 aliphatic rings. The average Bonchev–Trinajstić information content (AvgIpc) is 3.54. The summed E-state index contributed by atoms with van der Waals surface area (Å²) in [6.07, 6.45) is 4.78. The van der Waals surface area contributed by atoms with Crippen LogP contribution in [0, 0.1) is 41.4 Å². The van der Waals surface area contributed by atoms with Gasteiger partial charge in [0.15, 0.2) is 11.6 Å². The summed E-state index contributed by atoms with van der Waals surface area (Å²) >= 11 is 17.6. The summed E-state index contributed by atoms with van der Waals surface area (Å²) in [5.74, 6) is -6.51. The highest BCUT2D eigenvalue weighted by atomic mass is 35.6. The Hall–Kier alpha value is -1.26. The topological polar surface area (TPSA) is 179 Å². The van der Waals surface area contributed by atoms with Gasteiger partial charge in [0, 0.05) is 30.1 Å². The second-order valence-corrected chi connectivity index (χ2v) is 21.8. The van der Waals surface area contributed by atoms with Crippen LogP contribution in [-0.4, -0.2) is 109 Å². The molecule has 4 N–H and O–H groups in total. The van der Waals surface area contributed by atoms with E-state index in [0.717, 1.165) is 6.42 Å². The van der Waals surface area contributed by atoms with Crippen molar-refractivity contribution in [2.75, 3.05) is 6.61 Å². The third kappa shape index (κ3) is 10.7. The number of hydrogen-bond donors (Lipinski definition) is 4. The fourth-order valence-electron chi connectivity index (χ4n) is 11.0. The number of carboxylic acids is 1. The van der Waals surface area contributed by atoms with Crippen molar-refractivity contribution in [1.82, 2.24) is 5.32 Å². The number of carbonyl (C=O) groups excluding carboxylic acids is 2. The molecule has 18 atom stereocenters. The zero-order valence-corrected chi connectivity index (χ0v) is 39.9. The fourth-order valence-corrected chi connectivity index (χ4v) is 11.1. The lowest BCUT2D eigenvalue weighted by Gasteiger charge is -2.55. The third-order valence-electron chi connectivity index (χ3n) is 15.1. The normalized spacial score (nSPS) is 41.8. The van der Waals surface area contributed by atoms with Gasteiger partial charge in [-0.05, 0) is 89.5 Å². The Labute approximate surface area is 377 Å². The van der Waals surface area contributed by atoms with Gasteiger partial charge in [0.05, 0.1) is 53.7 Å². The zero-order chi connectivity index (χ0) is 45.5. The van der Waals surface area contributed by atoms with Crippen LogP contribution >= 0.6 is 34.8 Å². The second kappa shape index (κ2) is 19.7. The Balaban J connectivity index is 1.39. The largest absolute Gasteiger partial charge is 0.481 e. The summed E-state index contributed by atoms with van der Waals surface area (Å²) in [5, 5.41) is 35.7. The number of amides is 1. The van der Waals surface area contributed by atoms with Crippen LogP contribution < -0.4 is 5.32 Å². The smallest absolute Gasteiger partial charge is 0.407 e. The molecule has 61 heavy (non-hydrogen) atoms. The van der Waals surface area contributed by atoms with Gasteiger partial charge in [0.1, 0.15) is 18.4 Å². The average molecular weight is 925 g/mol. The number of alkyl halides is 3. The molecule has 4 saturated heterocycles. The third-order valence-corrected chi connectivity index (χ3v) is 15.4. The number of aliphatic carboxylic acids is 1. The number of aliphatic hydroxyl groups excluding tert-OH is 1. The number of ketones is 1. The standard InChI is InChI=1S/C45H72Cl3NO12/c1-11-30(39(52)53)32-15-14-24(4)37(58-32)28(8)35(50)27(7)36(51)31(12-2)38-25(5)22-26(6)43(59-38)19-16-33(49-40(54)56-23-45(46,47)48)44(61-43)21-20-41(10,60-44)34-17-18-42(55,13-3)29(9)57-34/h16,19,24-35,37-38,50,55H,11-15,17-18,20-23H2,1-10H3,(H,49,54)(H,52,53)/t24-,25-,26+,27-,28-,29-,30+,31-,32+,33-,34+,35+,37+,38-,41-,42+,43-,44-/m0/s1. The molecule has 350 valence electrons. The summed E-state index contributed by atoms with van der Waals surface area (Å²) in [4.78, 5) is 39.8. The SMILES string of the molecule is CC[C@@H](C(=O)[C@@H](C)[C@@H](O)[C@H](C)[C@@H]1O[C@@H]([C@@H](CC)C(=O)O)CC[C@@H]1C)[C@H]1O[C@]2(C=C[C@H](NC(=O)OCC(Cl)(Cl)Cl)[C@]3(CC[C@@](C)([C@H]4CC[C@](O)(CC)[C@H](C)O4)O3)O2)[C@H](C)C[C@@H]1C. The predicted molar refractivity (Wildman–Crippen MR) is 231 cm³/mol. The van der Waals surface area contributed by atoms with E-state index in [9.17, 15) is 29.7 Å². The van der Waals surface area contributed by atoms with E-state index in [1.165, 1.54) is 0 Å². The van der Waals surface area contributed by atoms with Crippen LogP contribution in [0.1, 0.15) is 133 Å². The summed E-state index contributed by atoms with van der Waals surface area (Å²) in [5.41, 5.74) is -1.83. The van der Waals surface area contributed by atoms with Gasteiger partial charge in [0.2, 0.25) is 3.79 Å². The van der Waals surface area contributed by atoms with E-state index in [-0.39, 0.29) is 29.6 Å². The molecule has 0 radical (unpaired) electrons. The number of rotatable bonds is 14. The maximum atomic E-state index is 14.6. The molecule has 2 spiro atoms. The molecule has 1 amide bonds. The molecular weight excluding hydrogens is 853 g/mol. The number of Topliss-reactive ketones (excluding diaryl/α,β-unsaturated/α-hetero) is 1. The number of carboxylic acid groups (broad SMARTS) is 1. The molecule has 5 aliphatic heterocycles. The quantitative estimate of drug-likeness (QED) is 0.0969. The van der Waals surface area contributed by atoms with E-state index < -0.39 is 105 Å². The molecule has 0 aromatic heterocycles. The Kier molecular flexibility index (Phi) is 16.4. The van der Waals surface area contributed by atoms with E-state index in [1.54, 1.807) is 19.1 Å². The Morgan fingerprint density at radius 1 is 0.918 bits per heavy atom. The van der Waals surface area contributed by atoms with E-state index in [4.69, 9.17) is 63.2 Å². The molecule has 5 rings (SSSR count). The highest BCUT2D eigenvalue weighted by molar-refractivity contribution is 6.67. The van der Waals surface area contributed by atoms with Crippen molar-refractivity contribution < 1.29 is 58.1 Å². The Morgan fingerprint density at radius 2 is 1.59 bits per heavy atom. The molecule has 13 nitrogen and oxygen atoms in total. The van der Waals surface area contributed by atoms with Gasteiger partial charge in [-0.3, -0.25) is 9.59 Å². The summed E-state index contributed by atoms with van der Waals surface area (Å²) in [6, 6.07) is -0.864. The summed E-state index contributed by atoms with van der Waals surface area (Å²) < 4.78 is 37.6. The Bertz CT molecular complexity index is 1580. The van der Waals surface area contributed by atoms with Crippen LogP contribution in [0.3, 0.4) is 0 Å². The van der Waals surface area contributed by atoms with E-state index in [1.807, 2.05) is 55.4 Å². The molecule has 0 aromatic rings. The first kappa shape index (κ1) is 50.7. The maximum absolute atomic E-state index is 14.6. The highest BCUT2D eigenvalue weighted by Gasteiger charge is 2.63. The summed E-state index contributed by atoms with van der Waals surface area (Å²) in [6.45, 7) is 18.9. The van der Waals surface area contributed by atoms with Crippen LogP contribution in [0.15, 0.2) is 12.2 Å². The van der Waals surface area contributed by atoms with Crippen molar-refractivity contribution in [3.8, 4) is 0 Å². The molecule has 0 unspecified atom stereocenters. The van der Waals surface area contributed by atoms with Crippen molar-refractivity contribution in [3.63, 3.8) is 0 Å². The van der Waals surface area contributed by atoms with E-state index in [2.05, 4.69) is 12.2 Å². The van der Waals surface area contributed by atoms with Crippen LogP contribution in [0.2, 0.25) is 0 Å². The molecule has 0 aliphatic carbocycles. The maximum Gasteiger partial charge on any atom is 0.407 e. The lowest BCUT2D eigenvalue weighted by Crippen LogP contribution is -2.65. The van der Waals surface area contributed by atoms with Gasteiger partial charge in [0.25, 0.3) is 0 Å². The minimum absolute atomic E-state index is 0.0642. The number of hydrogen-bond acceptors (Lipinski definition) is 11. The van der Waals surface area contributed by atoms with Crippen LogP contribution in [0.4, 0.5) is 4.79 Å². The number of halogens is 3. The van der Waals surface area contributed by atoms with Crippen molar-refractivity contribution >= 4 is 52.6 Å². The molecular formula is C45H72Cl3NO12. The lowest BCUT2D eigenvalue weighted by atomic mass is 9.72. The van der Waals surface area contributed by atoms with Gasteiger partial charge in [-0.25, -0.2) is 4.79 Å². The molecule has 5 heterocycles. The first-order valence-corrected chi connectivity index (χ1v) is 23.8. The van der Waals surface area contributed by atoms with Crippen LogP contribution in [0.25, 0.3) is 0 Å². The Morgan fingerprint density at radius 3 is 2.18 bits per heavy atom. The first-order chi connectivity index (χ1) is 28.4. The van der Waals surface area contributed by atoms with Crippen molar-refractivity contribution in [2.45, 2.75) is 203 Å². The highest BCUT2D eigenvalue weighted by Crippen LogP contribution is 2.54. The molecule has 16 heteroatoms. The van der Waals surface area contributed by atoms with Crippen LogP contribution in [0.5, 0.6) is 0 Å². The monoisotopic (exact) mass is 923 g/mol. The van der Waals surface area contributed by atoms with Crippen molar-refractivity contribution in [2.24, 2.45) is 41.4 Å². The van der Waals surface area contributed by atoms with Gasteiger partial charge >= 0.3 is 12.1 Å². The van der Waals surface area contributed by atoms with Crippen LogP contribution in [-0.2, 0) is 38.0 Å². The minimum atomic E-state index is -1.82. The zero-order valence-electron chi connectivity index (χ0n) is 37.7. The number of carbonyl (C=O) groups is 3. The van der Waals surface area contributed by atoms with E-state index >= 15 is 0 Å². The number of aliphatic hydroxyl groups is 2. The van der Waals surface area contributed by atoms with Crippen molar-refractivity contribution in [1.29, 1.82) is 0 Å². The van der Waals surface area contributed by atoms with E-state index in [0.29, 0.717) is 57.8 Å². The van der Waals surface area contributed by atoms with Gasteiger partial charge in [-0.15, -0.1) is 0 Å². The molecule has 4 fully saturated rings. The van der Waals surface area contributed by atoms with Gasteiger partial charge in [-0.1, -0.05) is 96.3 Å².